The maximum absolute atomic E-state index is 12.5. The average Bonchev–Trinajstić information content (AvgIpc) is 3.02. The first-order valence-electron chi connectivity index (χ1n) is 8.90. The lowest BCUT2D eigenvalue weighted by Crippen LogP contribution is -2.44. The lowest BCUT2D eigenvalue weighted by Gasteiger charge is -2.32. The summed E-state index contributed by atoms with van der Waals surface area (Å²) < 4.78 is 0. The normalized spacial score (nSPS) is 27.7. The molecule has 2 fully saturated rings. The van der Waals surface area contributed by atoms with Crippen LogP contribution in [0.5, 0.6) is 0 Å². The highest BCUT2D eigenvalue weighted by atomic mass is 16.1. The van der Waals surface area contributed by atoms with Gasteiger partial charge in [-0.2, -0.15) is 0 Å². The van der Waals surface area contributed by atoms with Crippen molar-refractivity contribution in [2.45, 2.75) is 57.5 Å². The SMILES string of the molecule is O=C1NCCCCCCN(Cc2ccccc2)[C@H]2CCC[C@@H]12. The Morgan fingerprint density at radius 3 is 2.68 bits per heavy atom. The van der Waals surface area contributed by atoms with E-state index in [4.69, 9.17) is 0 Å². The predicted molar refractivity (Wildman–Crippen MR) is 89.5 cm³/mol. The van der Waals surface area contributed by atoms with Crippen molar-refractivity contribution in [3.8, 4) is 0 Å². The Balaban J connectivity index is 1.75. The van der Waals surface area contributed by atoms with E-state index in [0.717, 1.165) is 32.5 Å². The van der Waals surface area contributed by atoms with Gasteiger partial charge in [-0.15, -0.1) is 0 Å². The zero-order valence-electron chi connectivity index (χ0n) is 13.5. The molecule has 0 aromatic heterocycles. The summed E-state index contributed by atoms with van der Waals surface area (Å²) in [5.74, 6) is 0.490. The van der Waals surface area contributed by atoms with Crippen molar-refractivity contribution in [1.82, 2.24) is 10.2 Å². The van der Waals surface area contributed by atoms with Crippen molar-refractivity contribution in [1.29, 1.82) is 0 Å². The summed E-state index contributed by atoms with van der Waals surface area (Å²) in [6, 6.07) is 11.1. The standard InChI is InChI=1S/C19H28N2O/c22-19-17-11-8-12-18(17)21(14-7-2-1-6-13-20-19)15-16-9-4-3-5-10-16/h3-5,9-10,17-18H,1-2,6-8,11-15H2,(H,20,22)/t17-,18+/m1/s1. The zero-order valence-corrected chi connectivity index (χ0v) is 13.5. The number of hydrogen-bond donors (Lipinski definition) is 1. The van der Waals surface area contributed by atoms with Crippen LogP contribution in [0.15, 0.2) is 30.3 Å². The van der Waals surface area contributed by atoms with Crippen molar-refractivity contribution in [3.63, 3.8) is 0 Å². The maximum atomic E-state index is 12.5. The fraction of sp³-hybridized carbons (Fsp3) is 0.632. The molecule has 120 valence electrons. The molecule has 1 amide bonds. The van der Waals surface area contributed by atoms with Crippen LogP contribution >= 0.6 is 0 Å². The molecule has 0 bridgehead atoms. The number of carbonyl (C=O) groups is 1. The molecule has 0 spiro atoms. The topological polar surface area (TPSA) is 32.3 Å². The number of nitrogens with zero attached hydrogens (tertiary/aromatic N) is 1. The molecule has 3 nitrogen and oxygen atoms in total. The molecule has 1 aliphatic carbocycles. The predicted octanol–water partition coefficient (Wildman–Crippen LogP) is 3.35. The zero-order chi connectivity index (χ0) is 15.2. The monoisotopic (exact) mass is 300 g/mol. The number of carbonyl (C=O) groups excluding carboxylic acids is 1. The molecule has 3 rings (SSSR count). The number of rotatable bonds is 2. The highest BCUT2D eigenvalue weighted by Crippen LogP contribution is 2.32. The van der Waals surface area contributed by atoms with Gasteiger partial charge in [-0.1, -0.05) is 49.6 Å². The summed E-state index contributed by atoms with van der Waals surface area (Å²) in [7, 11) is 0. The van der Waals surface area contributed by atoms with Gasteiger partial charge < -0.3 is 5.32 Å². The van der Waals surface area contributed by atoms with Crippen LogP contribution in [0.1, 0.15) is 50.5 Å². The summed E-state index contributed by atoms with van der Waals surface area (Å²) in [6.45, 7) is 2.97. The van der Waals surface area contributed by atoms with Crippen LogP contribution in [0.25, 0.3) is 0 Å². The Labute approximate surface area is 134 Å². The van der Waals surface area contributed by atoms with Crippen LogP contribution in [0.3, 0.4) is 0 Å². The first-order chi connectivity index (χ1) is 10.8. The Morgan fingerprint density at radius 1 is 1.00 bits per heavy atom. The highest BCUT2D eigenvalue weighted by Gasteiger charge is 2.36. The second-order valence-corrected chi connectivity index (χ2v) is 6.77. The minimum absolute atomic E-state index is 0.196. The van der Waals surface area contributed by atoms with Crippen LogP contribution in [0.4, 0.5) is 0 Å². The van der Waals surface area contributed by atoms with E-state index < -0.39 is 0 Å². The van der Waals surface area contributed by atoms with Crippen LogP contribution in [0, 0.1) is 5.92 Å². The van der Waals surface area contributed by atoms with E-state index in [2.05, 4.69) is 40.5 Å². The molecular weight excluding hydrogens is 272 g/mol. The fourth-order valence-corrected chi connectivity index (χ4v) is 4.00. The van der Waals surface area contributed by atoms with Gasteiger partial charge in [0, 0.05) is 19.1 Å². The molecule has 1 aromatic rings. The van der Waals surface area contributed by atoms with Gasteiger partial charge in [0.2, 0.25) is 5.91 Å². The lowest BCUT2D eigenvalue weighted by atomic mass is 10.00. The lowest BCUT2D eigenvalue weighted by molar-refractivity contribution is -0.126. The first kappa shape index (κ1) is 15.5. The second-order valence-electron chi connectivity index (χ2n) is 6.77. The van der Waals surface area contributed by atoms with E-state index in [0.29, 0.717) is 11.9 Å². The van der Waals surface area contributed by atoms with E-state index in [1.165, 1.54) is 37.7 Å². The average molecular weight is 300 g/mol. The Kier molecular flexibility index (Phi) is 5.49. The van der Waals surface area contributed by atoms with Gasteiger partial charge in [0.25, 0.3) is 0 Å². The van der Waals surface area contributed by atoms with E-state index in [1.54, 1.807) is 0 Å². The third kappa shape index (κ3) is 3.89. The molecule has 0 unspecified atom stereocenters. The smallest absolute Gasteiger partial charge is 0.224 e. The number of fused-ring (bicyclic) bond motifs is 1. The molecule has 22 heavy (non-hydrogen) atoms. The summed E-state index contributed by atoms with van der Waals surface area (Å²) in [4.78, 5) is 15.1. The third-order valence-electron chi connectivity index (χ3n) is 5.19. The second kappa shape index (κ2) is 7.77. The third-order valence-corrected chi connectivity index (χ3v) is 5.19. The van der Waals surface area contributed by atoms with Crippen molar-refractivity contribution >= 4 is 5.91 Å². The molecule has 1 N–H and O–H groups in total. The number of hydrogen-bond acceptors (Lipinski definition) is 2. The number of benzene rings is 1. The first-order valence-corrected chi connectivity index (χ1v) is 8.90. The Morgan fingerprint density at radius 2 is 1.82 bits per heavy atom. The summed E-state index contributed by atoms with van der Waals surface area (Å²) in [5.41, 5.74) is 1.36. The molecule has 3 heteroatoms. The van der Waals surface area contributed by atoms with Gasteiger partial charge >= 0.3 is 0 Å². The molecule has 1 saturated carbocycles. The van der Waals surface area contributed by atoms with E-state index in [1.807, 2.05) is 0 Å². The molecule has 1 saturated heterocycles. The van der Waals surface area contributed by atoms with Crippen LogP contribution in [-0.4, -0.2) is 29.9 Å². The minimum atomic E-state index is 0.196. The van der Waals surface area contributed by atoms with Crippen molar-refractivity contribution in [3.05, 3.63) is 35.9 Å². The van der Waals surface area contributed by atoms with Gasteiger partial charge in [0.05, 0.1) is 5.92 Å². The highest BCUT2D eigenvalue weighted by molar-refractivity contribution is 5.79. The summed E-state index contributed by atoms with van der Waals surface area (Å²) in [5, 5.41) is 3.17. The molecular formula is C19H28N2O. The van der Waals surface area contributed by atoms with E-state index in [-0.39, 0.29) is 5.92 Å². The van der Waals surface area contributed by atoms with Crippen molar-refractivity contribution < 1.29 is 4.79 Å². The quantitative estimate of drug-likeness (QED) is 0.908. The Bertz CT molecular complexity index is 474. The largest absolute Gasteiger partial charge is 0.356 e. The van der Waals surface area contributed by atoms with Crippen LogP contribution in [-0.2, 0) is 11.3 Å². The van der Waals surface area contributed by atoms with Gasteiger partial charge in [0.1, 0.15) is 0 Å². The van der Waals surface area contributed by atoms with E-state index >= 15 is 0 Å². The van der Waals surface area contributed by atoms with Gasteiger partial charge in [-0.3, -0.25) is 9.69 Å². The number of amides is 1. The summed E-state index contributed by atoms with van der Waals surface area (Å²) >= 11 is 0. The van der Waals surface area contributed by atoms with Gasteiger partial charge in [-0.05, 0) is 37.8 Å². The number of nitrogens with one attached hydrogen (secondary N) is 1. The minimum Gasteiger partial charge on any atom is -0.356 e. The maximum Gasteiger partial charge on any atom is 0.224 e. The molecule has 1 heterocycles. The van der Waals surface area contributed by atoms with Crippen molar-refractivity contribution in [2.75, 3.05) is 13.1 Å². The summed E-state index contributed by atoms with van der Waals surface area (Å²) in [6.07, 6.45) is 8.31. The molecule has 1 aromatic carbocycles. The van der Waals surface area contributed by atoms with Gasteiger partial charge in [0.15, 0.2) is 0 Å². The molecule has 1 aliphatic heterocycles. The van der Waals surface area contributed by atoms with Crippen LogP contribution < -0.4 is 5.32 Å². The van der Waals surface area contributed by atoms with E-state index in [9.17, 15) is 4.79 Å². The molecule has 0 radical (unpaired) electrons. The Hall–Kier alpha value is -1.35. The molecule has 2 aliphatic rings. The molecule has 2 atom stereocenters. The fourth-order valence-electron chi connectivity index (χ4n) is 4.00. The van der Waals surface area contributed by atoms with Gasteiger partial charge in [-0.25, -0.2) is 0 Å². The van der Waals surface area contributed by atoms with Crippen LogP contribution in [0.2, 0.25) is 0 Å². The van der Waals surface area contributed by atoms with Crippen molar-refractivity contribution in [2.24, 2.45) is 5.92 Å².